The van der Waals surface area contributed by atoms with Gasteiger partial charge in [-0.05, 0) is 52.0 Å². The normalized spacial score (nSPS) is 16.6. The molecule has 3 rings (SSSR count). The van der Waals surface area contributed by atoms with Crippen molar-refractivity contribution in [1.29, 1.82) is 5.26 Å². The molecule has 6 heteroatoms. The second-order valence-corrected chi connectivity index (χ2v) is 5.62. The first-order valence-electron chi connectivity index (χ1n) is 7.38. The number of aryl methyl sites for hydroxylation is 1. The van der Waals surface area contributed by atoms with Gasteiger partial charge in [0.1, 0.15) is 12.1 Å². The molecule has 0 bridgehead atoms. The molecule has 2 aliphatic carbocycles. The summed E-state index contributed by atoms with van der Waals surface area (Å²) in [5.41, 5.74) is 12.1. The summed E-state index contributed by atoms with van der Waals surface area (Å²) in [6.45, 7) is 4.45. The van der Waals surface area contributed by atoms with E-state index in [1.165, 1.54) is 25.7 Å². The summed E-state index contributed by atoms with van der Waals surface area (Å²) in [5.74, 6) is 1.31. The van der Waals surface area contributed by atoms with E-state index >= 15 is 0 Å². The van der Waals surface area contributed by atoms with Gasteiger partial charge in [-0.15, -0.1) is 0 Å². The minimum absolute atomic E-state index is 0. The van der Waals surface area contributed by atoms with Crippen LogP contribution < -0.4 is 11.5 Å². The van der Waals surface area contributed by atoms with E-state index in [2.05, 4.69) is 5.10 Å². The van der Waals surface area contributed by atoms with Gasteiger partial charge in [-0.3, -0.25) is 0 Å². The highest BCUT2D eigenvalue weighted by Crippen LogP contribution is 2.36. The Morgan fingerprint density at radius 1 is 1.50 bits per heavy atom. The second kappa shape index (κ2) is 9.96. The van der Waals surface area contributed by atoms with Crippen molar-refractivity contribution in [2.45, 2.75) is 53.0 Å². The number of hydrogen-bond acceptors (Lipinski definition) is 5. The molecule has 0 aromatic carbocycles. The zero-order chi connectivity index (χ0) is 15.8. The number of aldehydes is 1. The van der Waals surface area contributed by atoms with Crippen LogP contribution in [-0.4, -0.2) is 22.6 Å². The number of aromatic nitrogens is 2. The third kappa shape index (κ3) is 7.23. The number of anilines is 1. The van der Waals surface area contributed by atoms with Gasteiger partial charge in [0.2, 0.25) is 0 Å². The highest BCUT2D eigenvalue weighted by molar-refractivity contribution is 5.56. The van der Waals surface area contributed by atoms with Gasteiger partial charge in [-0.1, -0.05) is 7.43 Å². The summed E-state index contributed by atoms with van der Waals surface area (Å²) in [6, 6.07) is 2.35. The Labute approximate surface area is 133 Å². The largest absolute Gasteiger partial charge is 0.384 e. The molecule has 2 fully saturated rings. The zero-order valence-corrected chi connectivity index (χ0v) is 12.8. The van der Waals surface area contributed by atoms with E-state index in [1.807, 2.05) is 17.8 Å². The minimum atomic E-state index is -0.440. The van der Waals surface area contributed by atoms with Crippen molar-refractivity contribution in [1.82, 2.24) is 9.78 Å². The highest BCUT2D eigenvalue weighted by atomic mass is 16.1. The highest BCUT2D eigenvalue weighted by Gasteiger charge is 2.26. The topological polar surface area (TPSA) is 111 Å². The maximum Gasteiger partial charge on any atom is 0.136 e. The smallest absolute Gasteiger partial charge is 0.136 e. The van der Waals surface area contributed by atoms with Gasteiger partial charge in [0, 0.05) is 5.56 Å². The van der Waals surface area contributed by atoms with E-state index in [1.54, 1.807) is 13.0 Å². The number of rotatable bonds is 3. The first-order valence-corrected chi connectivity index (χ1v) is 7.38. The molecule has 1 aromatic rings. The van der Waals surface area contributed by atoms with Gasteiger partial charge >= 0.3 is 0 Å². The van der Waals surface area contributed by atoms with E-state index in [0.29, 0.717) is 12.3 Å². The molecular formula is C16H29N5O. The molecule has 0 spiro atoms. The van der Waals surface area contributed by atoms with Crippen LogP contribution in [0.25, 0.3) is 0 Å². The number of nitrogens with zero attached hydrogens (tertiary/aromatic N) is 3. The number of carbonyl (C=O) groups excluding carboxylic acids is 1. The van der Waals surface area contributed by atoms with Crippen LogP contribution in [0, 0.1) is 30.1 Å². The van der Waals surface area contributed by atoms with Crippen molar-refractivity contribution in [3.63, 3.8) is 0 Å². The molecule has 0 amide bonds. The molecule has 6 nitrogen and oxygen atoms in total. The third-order valence-corrected chi connectivity index (χ3v) is 3.36. The summed E-state index contributed by atoms with van der Waals surface area (Å²) < 4.78 is 1.93. The number of nitrogens with two attached hydrogens (primary N) is 2. The summed E-state index contributed by atoms with van der Waals surface area (Å²) in [5, 5.41) is 12.0. The van der Waals surface area contributed by atoms with Crippen LogP contribution >= 0.6 is 0 Å². The second-order valence-electron chi connectivity index (χ2n) is 5.62. The van der Waals surface area contributed by atoms with Gasteiger partial charge in [-0.2, -0.15) is 10.4 Å². The van der Waals surface area contributed by atoms with Crippen molar-refractivity contribution < 1.29 is 4.79 Å². The van der Waals surface area contributed by atoms with Crippen LogP contribution in [0.15, 0.2) is 6.20 Å². The molecule has 1 heterocycles. The predicted molar refractivity (Wildman–Crippen MR) is 89.0 cm³/mol. The number of carbonyl (C=O) groups is 1. The number of nitriles is 1. The van der Waals surface area contributed by atoms with E-state index < -0.39 is 5.92 Å². The molecule has 124 valence electrons. The Kier molecular flexibility index (Phi) is 9.11. The maximum absolute atomic E-state index is 9.51. The van der Waals surface area contributed by atoms with Gasteiger partial charge in [0.25, 0.3) is 0 Å². The van der Waals surface area contributed by atoms with E-state index in [-0.39, 0.29) is 7.43 Å². The first kappa shape index (κ1) is 20.1. The zero-order valence-electron chi connectivity index (χ0n) is 12.8. The molecule has 22 heavy (non-hydrogen) atoms. The van der Waals surface area contributed by atoms with Crippen LogP contribution in [0.2, 0.25) is 0 Å². The number of hydrogen-bond donors (Lipinski definition) is 2. The third-order valence-electron chi connectivity index (χ3n) is 3.36. The van der Waals surface area contributed by atoms with E-state index in [0.717, 1.165) is 23.8 Å². The maximum atomic E-state index is 9.51. The Bertz CT molecular complexity index is 483. The summed E-state index contributed by atoms with van der Waals surface area (Å²) >= 11 is 0. The van der Waals surface area contributed by atoms with Crippen LogP contribution in [-0.2, 0) is 4.79 Å². The fourth-order valence-electron chi connectivity index (χ4n) is 1.45. The molecule has 1 unspecified atom stereocenters. The lowest BCUT2D eigenvalue weighted by Gasteiger charge is -1.99. The van der Waals surface area contributed by atoms with Crippen molar-refractivity contribution in [2.24, 2.45) is 17.6 Å². The average molecular weight is 307 g/mol. The lowest BCUT2D eigenvalue weighted by atomic mass is 10.2. The predicted octanol–water partition coefficient (Wildman–Crippen LogP) is 2.44. The Morgan fingerprint density at radius 2 is 2.09 bits per heavy atom. The van der Waals surface area contributed by atoms with Crippen molar-refractivity contribution >= 4 is 12.1 Å². The monoisotopic (exact) mass is 307 g/mol. The lowest BCUT2D eigenvalue weighted by molar-refractivity contribution is -0.109. The molecule has 1 aromatic heterocycles. The van der Waals surface area contributed by atoms with Crippen LogP contribution in [0.4, 0.5) is 5.82 Å². The van der Waals surface area contributed by atoms with Crippen LogP contribution in [0.5, 0.6) is 0 Å². The number of nitrogen functional groups attached to an aromatic ring is 1. The molecule has 0 saturated heterocycles. The van der Waals surface area contributed by atoms with Crippen LogP contribution in [0.1, 0.15) is 51.6 Å². The summed E-state index contributed by atoms with van der Waals surface area (Å²) in [6.07, 6.45) is 7.69. The van der Waals surface area contributed by atoms with Crippen molar-refractivity contribution in [3.05, 3.63) is 11.8 Å². The quantitative estimate of drug-likeness (QED) is 0.833. The van der Waals surface area contributed by atoms with Crippen molar-refractivity contribution in [3.8, 4) is 6.07 Å². The fraction of sp³-hybridized carbons (Fsp3) is 0.688. The molecule has 0 radical (unpaired) electrons. The van der Waals surface area contributed by atoms with E-state index in [9.17, 15) is 4.79 Å². The molecule has 1 atom stereocenters. The molecule has 0 aliphatic heterocycles. The molecule has 2 saturated carbocycles. The summed E-state index contributed by atoms with van der Waals surface area (Å²) in [4.78, 5) is 9.51. The van der Waals surface area contributed by atoms with Gasteiger partial charge in [0.05, 0.1) is 24.2 Å². The van der Waals surface area contributed by atoms with Crippen LogP contribution in [0.3, 0.4) is 0 Å². The lowest BCUT2D eigenvalue weighted by Crippen LogP contribution is -2.01. The SMILES string of the molecule is C.CC(C#N)C=O.Cc1cnn(C2CC2)c1N.NCC1CC1. The van der Waals surface area contributed by atoms with Gasteiger partial charge in [-0.25, -0.2) is 4.68 Å². The summed E-state index contributed by atoms with van der Waals surface area (Å²) in [7, 11) is 0. The average Bonchev–Trinajstić information content (AvgIpc) is 3.41. The van der Waals surface area contributed by atoms with Gasteiger partial charge in [0.15, 0.2) is 0 Å². The molecule has 2 aliphatic rings. The Balaban J connectivity index is 0.000000320. The van der Waals surface area contributed by atoms with Gasteiger partial charge < -0.3 is 16.3 Å². The van der Waals surface area contributed by atoms with Crippen molar-refractivity contribution in [2.75, 3.05) is 12.3 Å². The molecule has 4 N–H and O–H groups in total. The fourth-order valence-corrected chi connectivity index (χ4v) is 1.45. The Morgan fingerprint density at radius 3 is 2.27 bits per heavy atom. The first-order chi connectivity index (χ1) is 10.0. The Hall–Kier alpha value is -1.87. The van der Waals surface area contributed by atoms with E-state index in [4.69, 9.17) is 16.7 Å². The minimum Gasteiger partial charge on any atom is -0.384 e. The molecular weight excluding hydrogens is 278 g/mol. The standard InChI is InChI=1S/C7H11N3.C4H5NO.C4H9N.CH4/c1-5-4-9-10(7(5)8)6-2-3-6;1-4(2-5)3-6;5-3-4-1-2-4;/h4,6H,2-3,8H2,1H3;3-4H,1H3;4H,1-3,5H2;1H4.